The standard InChI is InChI=1S/C18H13N5O2/c1-22-15(10-19-11-16(22)24)17-20-8-13(9-21-17)23-7-6-12-4-2-3-5-14(12)18(23)25/h2-11H,1H3. The summed E-state index contributed by atoms with van der Waals surface area (Å²) in [5.74, 6) is 0.366. The van der Waals surface area contributed by atoms with Gasteiger partial charge in [-0.05, 0) is 17.5 Å². The Morgan fingerprint density at radius 3 is 2.48 bits per heavy atom. The van der Waals surface area contributed by atoms with Crippen LogP contribution < -0.4 is 11.1 Å². The normalized spacial score (nSPS) is 10.9. The van der Waals surface area contributed by atoms with Crippen LogP contribution in [0.5, 0.6) is 0 Å². The van der Waals surface area contributed by atoms with E-state index in [-0.39, 0.29) is 11.1 Å². The van der Waals surface area contributed by atoms with Crippen LogP contribution in [-0.2, 0) is 7.05 Å². The molecule has 0 unspecified atom stereocenters. The molecule has 0 aliphatic rings. The van der Waals surface area contributed by atoms with Gasteiger partial charge in [-0.25, -0.2) is 9.97 Å². The van der Waals surface area contributed by atoms with Crippen molar-refractivity contribution in [3.8, 4) is 17.2 Å². The van der Waals surface area contributed by atoms with Gasteiger partial charge >= 0.3 is 0 Å². The molecule has 25 heavy (non-hydrogen) atoms. The van der Waals surface area contributed by atoms with Crippen molar-refractivity contribution in [2.45, 2.75) is 0 Å². The van der Waals surface area contributed by atoms with Gasteiger partial charge in [0.2, 0.25) is 0 Å². The first kappa shape index (κ1) is 14.9. The highest BCUT2D eigenvalue weighted by Crippen LogP contribution is 2.13. The summed E-state index contributed by atoms with van der Waals surface area (Å²) in [5.41, 5.74) is 0.678. The molecule has 0 amide bonds. The van der Waals surface area contributed by atoms with Crippen LogP contribution in [0.25, 0.3) is 28.0 Å². The molecule has 0 saturated carbocycles. The predicted octanol–water partition coefficient (Wildman–Crippen LogP) is 1.54. The third-order valence-electron chi connectivity index (χ3n) is 4.03. The third-order valence-corrected chi connectivity index (χ3v) is 4.03. The smallest absolute Gasteiger partial charge is 0.269 e. The second kappa shape index (κ2) is 5.79. The molecule has 0 N–H and O–H groups in total. The molecule has 0 spiro atoms. The lowest BCUT2D eigenvalue weighted by Gasteiger charge is -2.08. The molecular formula is C18H13N5O2. The van der Waals surface area contributed by atoms with Crippen LogP contribution in [0.1, 0.15) is 0 Å². The Labute approximate surface area is 141 Å². The summed E-state index contributed by atoms with van der Waals surface area (Å²) in [6.07, 6.45) is 7.56. The summed E-state index contributed by atoms with van der Waals surface area (Å²) in [5, 5.41) is 1.51. The van der Waals surface area contributed by atoms with Crippen LogP contribution in [0, 0.1) is 0 Å². The molecule has 4 aromatic rings. The number of pyridine rings is 1. The quantitative estimate of drug-likeness (QED) is 0.556. The summed E-state index contributed by atoms with van der Waals surface area (Å²) in [7, 11) is 1.63. The van der Waals surface area contributed by atoms with Crippen molar-refractivity contribution in [1.82, 2.24) is 24.1 Å². The summed E-state index contributed by atoms with van der Waals surface area (Å²) >= 11 is 0. The van der Waals surface area contributed by atoms with Crippen molar-refractivity contribution >= 4 is 10.8 Å². The Hall–Kier alpha value is -3.61. The fourth-order valence-corrected chi connectivity index (χ4v) is 2.64. The number of rotatable bonds is 2. The maximum absolute atomic E-state index is 12.6. The van der Waals surface area contributed by atoms with Crippen molar-refractivity contribution in [2.75, 3.05) is 0 Å². The zero-order chi connectivity index (χ0) is 17.4. The van der Waals surface area contributed by atoms with Gasteiger partial charge in [0.05, 0.1) is 30.5 Å². The highest BCUT2D eigenvalue weighted by Gasteiger charge is 2.09. The average Bonchev–Trinajstić information content (AvgIpc) is 2.65. The molecule has 122 valence electrons. The molecule has 7 heteroatoms. The van der Waals surface area contributed by atoms with E-state index in [1.54, 1.807) is 31.7 Å². The van der Waals surface area contributed by atoms with Gasteiger partial charge in [0.1, 0.15) is 5.69 Å². The molecule has 1 aromatic carbocycles. The number of fused-ring (bicyclic) bond motifs is 1. The van der Waals surface area contributed by atoms with Crippen LogP contribution in [0.2, 0.25) is 0 Å². The Bertz CT molecular complexity index is 1190. The van der Waals surface area contributed by atoms with Crippen molar-refractivity contribution in [3.63, 3.8) is 0 Å². The molecule has 3 heterocycles. The van der Waals surface area contributed by atoms with E-state index in [2.05, 4.69) is 15.0 Å². The zero-order valence-corrected chi connectivity index (χ0v) is 13.3. The molecule has 4 rings (SSSR count). The Kier molecular flexibility index (Phi) is 3.46. The SMILES string of the molecule is Cn1c(-c2ncc(-n3ccc4ccccc4c3=O)cn2)cncc1=O. The first-order valence-electron chi connectivity index (χ1n) is 7.59. The van der Waals surface area contributed by atoms with Crippen LogP contribution in [0.3, 0.4) is 0 Å². The first-order valence-corrected chi connectivity index (χ1v) is 7.59. The third kappa shape index (κ3) is 2.51. The van der Waals surface area contributed by atoms with Crippen LogP contribution in [-0.4, -0.2) is 24.1 Å². The molecule has 0 bridgehead atoms. The van der Waals surface area contributed by atoms with E-state index in [0.29, 0.717) is 22.6 Å². The highest BCUT2D eigenvalue weighted by molar-refractivity contribution is 5.81. The lowest BCUT2D eigenvalue weighted by Crippen LogP contribution is -2.19. The zero-order valence-electron chi connectivity index (χ0n) is 13.3. The van der Waals surface area contributed by atoms with E-state index in [0.717, 1.165) is 5.39 Å². The monoisotopic (exact) mass is 331 g/mol. The van der Waals surface area contributed by atoms with E-state index >= 15 is 0 Å². The second-order valence-electron chi connectivity index (χ2n) is 5.53. The fourth-order valence-electron chi connectivity index (χ4n) is 2.64. The minimum Gasteiger partial charge on any atom is -0.306 e. The summed E-state index contributed by atoms with van der Waals surface area (Å²) in [6, 6.07) is 9.27. The van der Waals surface area contributed by atoms with Gasteiger partial charge in [0.25, 0.3) is 11.1 Å². The Morgan fingerprint density at radius 2 is 1.68 bits per heavy atom. The number of hydrogen-bond donors (Lipinski definition) is 0. The summed E-state index contributed by atoms with van der Waals surface area (Å²) < 4.78 is 2.92. The Balaban J connectivity index is 1.81. The molecule has 7 nitrogen and oxygen atoms in total. The van der Waals surface area contributed by atoms with E-state index in [1.165, 1.54) is 21.5 Å². The minimum absolute atomic E-state index is 0.136. The van der Waals surface area contributed by atoms with Gasteiger partial charge in [-0.2, -0.15) is 0 Å². The van der Waals surface area contributed by atoms with Crippen LogP contribution >= 0.6 is 0 Å². The first-order chi connectivity index (χ1) is 12.1. The van der Waals surface area contributed by atoms with E-state index in [1.807, 2.05) is 24.3 Å². The maximum Gasteiger partial charge on any atom is 0.269 e. The number of hydrogen-bond acceptors (Lipinski definition) is 5. The van der Waals surface area contributed by atoms with E-state index < -0.39 is 0 Å². The Morgan fingerprint density at radius 1 is 0.920 bits per heavy atom. The topological polar surface area (TPSA) is 82.7 Å². The van der Waals surface area contributed by atoms with Gasteiger partial charge in [0.15, 0.2) is 5.82 Å². The second-order valence-corrected chi connectivity index (χ2v) is 5.53. The number of benzene rings is 1. The lowest BCUT2D eigenvalue weighted by atomic mass is 10.2. The van der Waals surface area contributed by atoms with Gasteiger partial charge in [0, 0.05) is 18.6 Å². The summed E-state index contributed by atoms with van der Waals surface area (Å²) in [6.45, 7) is 0. The maximum atomic E-state index is 12.6. The van der Waals surface area contributed by atoms with Crippen LogP contribution in [0.15, 0.2) is 70.9 Å². The molecule has 0 fully saturated rings. The van der Waals surface area contributed by atoms with E-state index in [4.69, 9.17) is 0 Å². The molecule has 0 aliphatic heterocycles. The molecule has 3 aromatic heterocycles. The largest absolute Gasteiger partial charge is 0.306 e. The average molecular weight is 331 g/mol. The molecule has 0 saturated heterocycles. The van der Waals surface area contributed by atoms with Crippen molar-refractivity contribution in [3.05, 3.63) is 82.0 Å². The minimum atomic E-state index is -0.240. The van der Waals surface area contributed by atoms with Gasteiger partial charge < -0.3 is 4.57 Å². The summed E-state index contributed by atoms with van der Waals surface area (Å²) in [4.78, 5) is 36.7. The van der Waals surface area contributed by atoms with Crippen molar-refractivity contribution in [2.24, 2.45) is 7.05 Å². The van der Waals surface area contributed by atoms with Gasteiger partial charge in [-0.3, -0.25) is 19.1 Å². The molecule has 0 aliphatic carbocycles. The van der Waals surface area contributed by atoms with Crippen molar-refractivity contribution < 1.29 is 0 Å². The fraction of sp³-hybridized carbons (Fsp3) is 0.0556. The van der Waals surface area contributed by atoms with Crippen LogP contribution in [0.4, 0.5) is 0 Å². The highest BCUT2D eigenvalue weighted by atomic mass is 16.1. The molecule has 0 atom stereocenters. The number of aromatic nitrogens is 5. The molecular weight excluding hydrogens is 318 g/mol. The molecule has 0 radical (unpaired) electrons. The van der Waals surface area contributed by atoms with Gasteiger partial charge in [-0.1, -0.05) is 18.2 Å². The van der Waals surface area contributed by atoms with Gasteiger partial charge in [-0.15, -0.1) is 0 Å². The number of nitrogens with zero attached hydrogens (tertiary/aromatic N) is 5. The van der Waals surface area contributed by atoms with Crippen molar-refractivity contribution in [1.29, 1.82) is 0 Å². The van der Waals surface area contributed by atoms with E-state index in [9.17, 15) is 9.59 Å². The lowest BCUT2D eigenvalue weighted by molar-refractivity contribution is 0.838. The predicted molar refractivity (Wildman–Crippen MR) is 93.6 cm³/mol.